The van der Waals surface area contributed by atoms with Gasteiger partial charge in [-0.3, -0.25) is 10.1 Å². The molecule has 0 bridgehead atoms. The second-order valence-corrected chi connectivity index (χ2v) is 6.47. The summed E-state index contributed by atoms with van der Waals surface area (Å²) in [7, 11) is 0. The lowest BCUT2D eigenvalue weighted by molar-refractivity contribution is 0.0977. The molecule has 0 aromatic heterocycles. The molecule has 1 amide bonds. The molecule has 126 valence electrons. The lowest BCUT2D eigenvalue weighted by Gasteiger charge is -2.11. The normalized spacial score (nSPS) is 10.1. The van der Waals surface area contributed by atoms with Crippen LogP contribution in [0.3, 0.4) is 0 Å². The van der Waals surface area contributed by atoms with Crippen LogP contribution >= 0.6 is 28.1 Å². The molecule has 0 radical (unpaired) electrons. The van der Waals surface area contributed by atoms with Crippen LogP contribution in [0.15, 0.2) is 53.0 Å². The molecule has 2 N–H and O–H groups in total. The summed E-state index contributed by atoms with van der Waals surface area (Å²) in [6.07, 6.45) is 2.05. The maximum absolute atomic E-state index is 12.3. The predicted octanol–water partition coefficient (Wildman–Crippen LogP) is 4.75. The van der Waals surface area contributed by atoms with E-state index in [1.54, 1.807) is 18.2 Å². The van der Waals surface area contributed by atoms with Crippen molar-refractivity contribution in [2.45, 2.75) is 19.8 Å². The summed E-state index contributed by atoms with van der Waals surface area (Å²) in [5.41, 5.74) is 1.31. The molecule has 24 heavy (non-hydrogen) atoms. The summed E-state index contributed by atoms with van der Waals surface area (Å²) in [5.74, 6) is 0.411. The number of unbranched alkanes of at least 4 members (excludes halogenated alkanes) is 1. The van der Waals surface area contributed by atoms with Crippen LogP contribution in [0.2, 0.25) is 0 Å². The largest absolute Gasteiger partial charge is 0.494 e. The molecule has 2 rings (SSSR count). The number of carbonyl (C=O) groups is 1. The molecule has 0 aliphatic carbocycles. The number of carbonyl (C=O) groups excluding carboxylic acids is 1. The highest BCUT2D eigenvalue weighted by Gasteiger charge is 2.09. The van der Waals surface area contributed by atoms with Gasteiger partial charge < -0.3 is 10.1 Å². The number of anilines is 1. The fourth-order valence-corrected chi connectivity index (χ4v) is 2.41. The molecule has 0 saturated carbocycles. The number of ether oxygens (including phenoxy) is 1. The summed E-state index contributed by atoms with van der Waals surface area (Å²) < 4.78 is 6.59. The quantitative estimate of drug-likeness (QED) is 0.536. The first-order chi connectivity index (χ1) is 11.6. The fourth-order valence-electron chi connectivity index (χ4n) is 1.93. The van der Waals surface area contributed by atoms with E-state index in [9.17, 15) is 4.79 Å². The molecule has 0 spiro atoms. The van der Waals surface area contributed by atoms with E-state index in [1.165, 1.54) is 0 Å². The fraction of sp³-hybridized carbons (Fsp3) is 0.222. The number of nitrogens with one attached hydrogen (secondary N) is 2. The number of halogens is 1. The Bertz CT molecular complexity index is 704. The number of rotatable bonds is 6. The van der Waals surface area contributed by atoms with Crippen LogP contribution in [0.4, 0.5) is 5.69 Å². The Morgan fingerprint density at radius 1 is 1.21 bits per heavy atom. The number of thiocarbonyl (C=S) groups is 1. The topological polar surface area (TPSA) is 50.4 Å². The third-order valence-electron chi connectivity index (χ3n) is 3.19. The molecule has 0 fully saturated rings. The van der Waals surface area contributed by atoms with Crippen LogP contribution in [0.5, 0.6) is 5.75 Å². The Hall–Kier alpha value is -1.92. The summed E-state index contributed by atoms with van der Waals surface area (Å²) in [6, 6.07) is 14.6. The maximum atomic E-state index is 12.3. The van der Waals surface area contributed by atoms with Gasteiger partial charge in [-0.05, 0) is 61.1 Å². The van der Waals surface area contributed by atoms with Crippen molar-refractivity contribution in [3.8, 4) is 5.75 Å². The molecule has 2 aromatic carbocycles. The van der Waals surface area contributed by atoms with Crippen molar-refractivity contribution in [2.75, 3.05) is 11.9 Å². The molecule has 0 unspecified atom stereocenters. The standard InChI is InChI=1S/C18H19BrN2O2S/c1-2-3-11-23-16-6-4-5-13(12-16)17(22)21-18(24)20-15-9-7-14(19)8-10-15/h4-10,12H,2-3,11H2,1H3,(H2,20,21,22,24). The van der Waals surface area contributed by atoms with E-state index in [-0.39, 0.29) is 11.0 Å². The van der Waals surface area contributed by atoms with Crippen molar-refractivity contribution in [2.24, 2.45) is 0 Å². The van der Waals surface area contributed by atoms with Gasteiger partial charge in [0.1, 0.15) is 5.75 Å². The van der Waals surface area contributed by atoms with Crippen molar-refractivity contribution in [3.05, 3.63) is 58.6 Å². The lowest BCUT2D eigenvalue weighted by atomic mass is 10.2. The molecule has 2 aromatic rings. The van der Waals surface area contributed by atoms with Crippen molar-refractivity contribution in [1.82, 2.24) is 5.32 Å². The van der Waals surface area contributed by atoms with Crippen LogP contribution in [0.25, 0.3) is 0 Å². The van der Waals surface area contributed by atoms with E-state index >= 15 is 0 Å². The van der Waals surface area contributed by atoms with Gasteiger partial charge in [0, 0.05) is 15.7 Å². The second-order valence-electron chi connectivity index (χ2n) is 5.14. The Labute approximate surface area is 155 Å². The van der Waals surface area contributed by atoms with Gasteiger partial charge in [0.2, 0.25) is 0 Å². The summed E-state index contributed by atoms with van der Waals surface area (Å²) in [6.45, 7) is 2.75. The summed E-state index contributed by atoms with van der Waals surface area (Å²) in [5, 5.41) is 5.89. The average molecular weight is 407 g/mol. The minimum absolute atomic E-state index is 0.250. The van der Waals surface area contributed by atoms with Crippen LogP contribution < -0.4 is 15.4 Å². The van der Waals surface area contributed by atoms with Gasteiger partial charge >= 0.3 is 0 Å². The molecular formula is C18H19BrN2O2S. The average Bonchev–Trinajstić information content (AvgIpc) is 2.57. The Kier molecular flexibility index (Phi) is 7.21. The van der Waals surface area contributed by atoms with Crippen LogP contribution in [-0.2, 0) is 0 Å². The smallest absolute Gasteiger partial charge is 0.257 e. The van der Waals surface area contributed by atoms with Crippen molar-refractivity contribution < 1.29 is 9.53 Å². The maximum Gasteiger partial charge on any atom is 0.257 e. The first-order valence-electron chi connectivity index (χ1n) is 7.69. The van der Waals surface area contributed by atoms with Gasteiger partial charge in [-0.25, -0.2) is 0 Å². The lowest BCUT2D eigenvalue weighted by Crippen LogP contribution is -2.34. The zero-order valence-corrected chi connectivity index (χ0v) is 15.7. The minimum atomic E-state index is -0.273. The van der Waals surface area contributed by atoms with E-state index in [0.717, 1.165) is 23.0 Å². The van der Waals surface area contributed by atoms with E-state index < -0.39 is 0 Å². The molecule has 0 atom stereocenters. The number of hydrogen-bond acceptors (Lipinski definition) is 3. The third kappa shape index (κ3) is 5.94. The molecular weight excluding hydrogens is 388 g/mol. The molecule has 4 nitrogen and oxygen atoms in total. The molecule has 0 aliphatic rings. The van der Waals surface area contributed by atoms with Gasteiger partial charge in [-0.1, -0.05) is 35.3 Å². The van der Waals surface area contributed by atoms with Gasteiger partial charge in [-0.15, -0.1) is 0 Å². The number of benzene rings is 2. The first kappa shape index (κ1) is 18.4. The van der Waals surface area contributed by atoms with Gasteiger partial charge in [-0.2, -0.15) is 0 Å². The van der Waals surface area contributed by atoms with Crippen LogP contribution in [-0.4, -0.2) is 17.6 Å². The predicted molar refractivity (Wildman–Crippen MR) is 105 cm³/mol. The SMILES string of the molecule is CCCCOc1cccc(C(=O)NC(=S)Nc2ccc(Br)cc2)c1. The second kappa shape index (κ2) is 9.39. The highest BCUT2D eigenvalue weighted by atomic mass is 79.9. The monoisotopic (exact) mass is 406 g/mol. The number of hydrogen-bond donors (Lipinski definition) is 2. The highest BCUT2D eigenvalue weighted by molar-refractivity contribution is 9.10. The van der Waals surface area contributed by atoms with Crippen molar-refractivity contribution in [1.29, 1.82) is 0 Å². The zero-order valence-electron chi connectivity index (χ0n) is 13.3. The Balaban J connectivity index is 1.92. The Morgan fingerprint density at radius 2 is 1.96 bits per heavy atom. The molecule has 6 heteroatoms. The number of amides is 1. The molecule has 0 saturated heterocycles. The van der Waals surface area contributed by atoms with E-state index in [1.807, 2.05) is 30.3 Å². The third-order valence-corrected chi connectivity index (χ3v) is 3.92. The minimum Gasteiger partial charge on any atom is -0.494 e. The summed E-state index contributed by atoms with van der Waals surface area (Å²) in [4.78, 5) is 12.3. The Morgan fingerprint density at radius 3 is 2.67 bits per heavy atom. The van der Waals surface area contributed by atoms with Gasteiger partial charge in [0.25, 0.3) is 5.91 Å². The van der Waals surface area contributed by atoms with Gasteiger partial charge in [0.05, 0.1) is 6.61 Å². The highest BCUT2D eigenvalue weighted by Crippen LogP contribution is 2.15. The van der Waals surface area contributed by atoms with E-state index in [4.69, 9.17) is 17.0 Å². The van der Waals surface area contributed by atoms with E-state index in [2.05, 4.69) is 33.5 Å². The molecule has 0 aliphatic heterocycles. The van der Waals surface area contributed by atoms with Crippen LogP contribution in [0.1, 0.15) is 30.1 Å². The van der Waals surface area contributed by atoms with Crippen molar-refractivity contribution >= 4 is 44.9 Å². The molecule has 0 heterocycles. The van der Waals surface area contributed by atoms with Crippen molar-refractivity contribution in [3.63, 3.8) is 0 Å². The van der Waals surface area contributed by atoms with Gasteiger partial charge in [0.15, 0.2) is 5.11 Å². The summed E-state index contributed by atoms with van der Waals surface area (Å²) >= 11 is 8.55. The first-order valence-corrected chi connectivity index (χ1v) is 8.89. The zero-order chi connectivity index (χ0) is 17.4. The van der Waals surface area contributed by atoms with E-state index in [0.29, 0.717) is 17.9 Å². The van der Waals surface area contributed by atoms with Crippen LogP contribution in [0, 0.1) is 0 Å².